The maximum atomic E-state index is 10.9. The van der Waals surface area contributed by atoms with Crippen LogP contribution >= 0.6 is 0 Å². The highest BCUT2D eigenvalue weighted by Crippen LogP contribution is 2.24. The predicted molar refractivity (Wildman–Crippen MR) is 67.3 cm³/mol. The largest absolute Gasteiger partial charge is 0.479 e. The van der Waals surface area contributed by atoms with Gasteiger partial charge in [0.15, 0.2) is 6.10 Å². The van der Waals surface area contributed by atoms with E-state index in [4.69, 9.17) is 19.7 Å². The fourth-order valence-corrected chi connectivity index (χ4v) is 1.96. The molecule has 0 saturated carbocycles. The van der Waals surface area contributed by atoms with Gasteiger partial charge in [0.2, 0.25) is 6.29 Å². The van der Waals surface area contributed by atoms with Crippen molar-refractivity contribution < 1.29 is 39.8 Å². The average molecular weight is 300 g/mol. The van der Waals surface area contributed by atoms with Gasteiger partial charge in [-0.2, -0.15) is 0 Å². The second kappa shape index (κ2) is 6.37. The summed E-state index contributed by atoms with van der Waals surface area (Å²) in [6.45, 7) is -0.144. The topological polar surface area (TPSA) is 137 Å². The molecule has 1 aromatic rings. The van der Waals surface area contributed by atoms with Gasteiger partial charge in [-0.25, -0.2) is 4.79 Å². The van der Waals surface area contributed by atoms with Crippen LogP contribution in [0.5, 0.6) is 5.75 Å². The lowest BCUT2D eigenvalue weighted by molar-refractivity contribution is -0.271. The first-order valence-corrected chi connectivity index (χ1v) is 6.23. The van der Waals surface area contributed by atoms with Gasteiger partial charge in [0.05, 0.1) is 6.61 Å². The number of carboxylic acid groups (broad SMARTS) is 1. The number of carboxylic acids is 1. The number of hydrogen-bond acceptors (Lipinski definition) is 7. The molecule has 0 bridgehead atoms. The Morgan fingerprint density at radius 3 is 2.24 bits per heavy atom. The molecule has 116 valence electrons. The Kier molecular flexibility index (Phi) is 4.76. The van der Waals surface area contributed by atoms with Crippen molar-refractivity contribution >= 4 is 5.97 Å². The molecule has 1 aliphatic rings. The summed E-state index contributed by atoms with van der Waals surface area (Å²) >= 11 is 0. The Morgan fingerprint density at radius 2 is 1.71 bits per heavy atom. The van der Waals surface area contributed by atoms with Crippen molar-refractivity contribution in [2.75, 3.05) is 0 Å². The quantitative estimate of drug-likeness (QED) is 0.451. The van der Waals surface area contributed by atoms with Gasteiger partial charge in [-0.3, -0.25) is 0 Å². The third-order valence-electron chi connectivity index (χ3n) is 3.17. The molecule has 21 heavy (non-hydrogen) atoms. The molecule has 1 fully saturated rings. The van der Waals surface area contributed by atoms with Gasteiger partial charge in [-0.1, -0.05) is 12.1 Å². The van der Waals surface area contributed by atoms with Gasteiger partial charge in [-0.05, 0) is 17.7 Å². The SMILES string of the molecule is O=C(O)[C@H]1O[C@@H](Oc2ccc(CO)cc2)[C@H](O)[C@@H](O)[C@@H]1O. The van der Waals surface area contributed by atoms with Gasteiger partial charge in [-0.15, -0.1) is 0 Å². The van der Waals surface area contributed by atoms with Crippen molar-refractivity contribution in [3.8, 4) is 5.75 Å². The van der Waals surface area contributed by atoms with Crippen molar-refractivity contribution in [3.05, 3.63) is 29.8 Å². The van der Waals surface area contributed by atoms with Crippen molar-refractivity contribution in [1.82, 2.24) is 0 Å². The first-order chi connectivity index (χ1) is 9.93. The molecule has 5 N–H and O–H groups in total. The summed E-state index contributed by atoms with van der Waals surface area (Å²) in [5.74, 6) is -1.22. The van der Waals surface area contributed by atoms with Crippen LogP contribution in [0.2, 0.25) is 0 Å². The molecular weight excluding hydrogens is 284 g/mol. The lowest BCUT2D eigenvalue weighted by Gasteiger charge is -2.38. The molecule has 0 aliphatic carbocycles. The van der Waals surface area contributed by atoms with Crippen LogP contribution in [0, 0.1) is 0 Å². The molecule has 0 aromatic heterocycles. The van der Waals surface area contributed by atoms with Crippen molar-refractivity contribution in [3.63, 3.8) is 0 Å². The number of aliphatic carboxylic acids is 1. The van der Waals surface area contributed by atoms with E-state index in [9.17, 15) is 20.1 Å². The first kappa shape index (κ1) is 15.7. The number of aliphatic hydroxyl groups is 4. The Bertz CT molecular complexity index is 487. The summed E-state index contributed by atoms with van der Waals surface area (Å²) in [5, 5.41) is 46.8. The summed E-state index contributed by atoms with van der Waals surface area (Å²) in [5.41, 5.74) is 0.645. The van der Waals surface area contributed by atoms with Crippen LogP contribution in [0.3, 0.4) is 0 Å². The number of hydrogen-bond donors (Lipinski definition) is 5. The number of carbonyl (C=O) groups is 1. The van der Waals surface area contributed by atoms with E-state index < -0.39 is 36.7 Å². The monoisotopic (exact) mass is 300 g/mol. The molecule has 1 aromatic carbocycles. The molecule has 2 rings (SSSR count). The maximum absolute atomic E-state index is 10.9. The second-order valence-electron chi connectivity index (χ2n) is 4.66. The van der Waals surface area contributed by atoms with Crippen molar-refractivity contribution in [2.45, 2.75) is 37.3 Å². The molecule has 8 nitrogen and oxygen atoms in total. The van der Waals surface area contributed by atoms with E-state index in [1.54, 1.807) is 12.1 Å². The number of rotatable bonds is 4. The van der Waals surface area contributed by atoms with Gasteiger partial charge >= 0.3 is 5.97 Å². The van der Waals surface area contributed by atoms with Crippen LogP contribution in [-0.4, -0.2) is 62.2 Å². The third kappa shape index (κ3) is 3.31. The van der Waals surface area contributed by atoms with E-state index >= 15 is 0 Å². The minimum absolute atomic E-state index is 0.144. The van der Waals surface area contributed by atoms with E-state index in [1.807, 2.05) is 0 Å². The van der Waals surface area contributed by atoms with Crippen LogP contribution in [0.4, 0.5) is 0 Å². The molecule has 5 atom stereocenters. The third-order valence-corrected chi connectivity index (χ3v) is 3.17. The Balaban J connectivity index is 2.11. The average Bonchev–Trinajstić information content (AvgIpc) is 2.48. The number of benzene rings is 1. The Labute approximate surface area is 119 Å². The van der Waals surface area contributed by atoms with Crippen LogP contribution in [-0.2, 0) is 16.1 Å². The number of aliphatic hydroxyl groups excluding tert-OH is 4. The maximum Gasteiger partial charge on any atom is 0.335 e. The smallest absolute Gasteiger partial charge is 0.335 e. The zero-order valence-corrected chi connectivity index (χ0v) is 10.9. The molecule has 1 aliphatic heterocycles. The highest BCUT2D eigenvalue weighted by molar-refractivity contribution is 5.73. The second-order valence-corrected chi connectivity index (χ2v) is 4.66. The van der Waals surface area contributed by atoms with E-state index in [-0.39, 0.29) is 12.4 Å². The lowest BCUT2D eigenvalue weighted by Crippen LogP contribution is -2.61. The van der Waals surface area contributed by atoms with Gasteiger partial charge in [0.1, 0.15) is 24.1 Å². The van der Waals surface area contributed by atoms with E-state index in [0.717, 1.165) is 0 Å². The van der Waals surface area contributed by atoms with Crippen LogP contribution < -0.4 is 4.74 Å². The fraction of sp³-hybridized carbons (Fsp3) is 0.462. The fourth-order valence-electron chi connectivity index (χ4n) is 1.96. The van der Waals surface area contributed by atoms with E-state index in [0.29, 0.717) is 5.56 Å². The zero-order chi connectivity index (χ0) is 15.6. The highest BCUT2D eigenvalue weighted by Gasteiger charge is 2.48. The molecule has 8 heteroatoms. The Morgan fingerprint density at radius 1 is 1.10 bits per heavy atom. The van der Waals surface area contributed by atoms with Gasteiger partial charge in [0, 0.05) is 0 Å². The van der Waals surface area contributed by atoms with Crippen LogP contribution in [0.25, 0.3) is 0 Å². The lowest BCUT2D eigenvalue weighted by atomic mass is 9.99. The predicted octanol–water partition coefficient (Wildman–Crippen LogP) is -1.55. The standard InChI is InChI=1S/C13H16O8/c14-5-6-1-3-7(4-2-6)20-13-10(17)8(15)9(16)11(21-13)12(18)19/h1-4,8-11,13-17H,5H2,(H,18,19)/t8-,9-,10+,11-,13+/m0/s1. The molecule has 1 heterocycles. The summed E-state index contributed by atoms with van der Waals surface area (Å²) in [4.78, 5) is 10.9. The molecule has 1 saturated heterocycles. The molecule has 0 unspecified atom stereocenters. The zero-order valence-electron chi connectivity index (χ0n) is 10.9. The van der Waals surface area contributed by atoms with Crippen LogP contribution in [0.1, 0.15) is 5.56 Å². The van der Waals surface area contributed by atoms with E-state index in [2.05, 4.69) is 0 Å². The molecular formula is C13H16O8. The van der Waals surface area contributed by atoms with Crippen molar-refractivity contribution in [2.24, 2.45) is 0 Å². The first-order valence-electron chi connectivity index (χ1n) is 6.23. The van der Waals surface area contributed by atoms with Gasteiger partial charge in [0.25, 0.3) is 0 Å². The van der Waals surface area contributed by atoms with Crippen LogP contribution in [0.15, 0.2) is 24.3 Å². The molecule has 0 amide bonds. The minimum atomic E-state index is -1.76. The highest BCUT2D eigenvalue weighted by atomic mass is 16.7. The van der Waals surface area contributed by atoms with E-state index in [1.165, 1.54) is 12.1 Å². The summed E-state index contributed by atoms with van der Waals surface area (Å²) in [7, 11) is 0. The number of ether oxygens (including phenoxy) is 2. The normalized spacial score (nSPS) is 32.7. The minimum Gasteiger partial charge on any atom is -0.479 e. The Hall–Kier alpha value is -1.71. The molecule has 0 radical (unpaired) electrons. The molecule has 0 spiro atoms. The summed E-state index contributed by atoms with van der Waals surface area (Å²) in [6.07, 6.45) is -8.21. The van der Waals surface area contributed by atoms with Crippen molar-refractivity contribution in [1.29, 1.82) is 0 Å². The summed E-state index contributed by atoms with van der Waals surface area (Å²) < 4.78 is 10.3. The summed E-state index contributed by atoms with van der Waals surface area (Å²) in [6, 6.07) is 6.14. The van der Waals surface area contributed by atoms with Gasteiger partial charge < -0.3 is 35.0 Å².